The van der Waals surface area contributed by atoms with Gasteiger partial charge in [0.2, 0.25) is 5.13 Å². The molecule has 0 aliphatic carbocycles. The predicted octanol–water partition coefficient (Wildman–Crippen LogP) is 3.44. The molecular weight excluding hydrogens is 298 g/mol. The Morgan fingerprint density at radius 1 is 1.36 bits per heavy atom. The zero-order chi connectivity index (χ0) is 15.9. The number of aryl methyl sites for hydroxylation is 1. The fourth-order valence-corrected chi connectivity index (χ4v) is 2.89. The number of aromatic amines is 1. The standard InChI is InChI=1S/C15H23N5OS/c1-4-5-6-7-13-19-20-15(22-13)16-14(21)12-9-11(17-18-12)8-10(2)3/h9-10H,4-8H2,1-3H3,(H,17,18)(H,16,20,21). The van der Waals surface area contributed by atoms with E-state index in [1.165, 1.54) is 24.2 Å². The van der Waals surface area contributed by atoms with Gasteiger partial charge in [0.15, 0.2) is 5.69 Å². The van der Waals surface area contributed by atoms with E-state index in [0.29, 0.717) is 16.7 Å². The summed E-state index contributed by atoms with van der Waals surface area (Å²) in [5.41, 5.74) is 1.36. The second-order valence-corrected chi connectivity index (χ2v) is 6.85. The van der Waals surface area contributed by atoms with Gasteiger partial charge in [0, 0.05) is 12.1 Å². The molecule has 0 saturated carbocycles. The molecule has 1 amide bonds. The fourth-order valence-electron chi connectivity index (χ4n) is 2.11. The molecule has 0 bridgehead atoms. The first-order chi connectivity index (χ1) is 10.6. The largest absolute Gasteiger partial charge is 0.295 e. The topological polar surface area (TPSA) is 83.6 Å². The minimum atomic E-state index is -0.248. The molecule has 0 aromatic carbocycles. The number of amides is 1. The van der Waals surface area contributed by atoms with Crippen LogP contribution in [0.15, 0.2) is 6.07 Å². The quantitative estimate of drug-likeness (QED) is 0.729. The number of aromatic nitrogens is 4. The van der Waals surface area contributed by atoms with E-state index >= 15 is 0 Å². The van der Waals surface area contributed by atoms with Gasteiger partial charge in [-0.3, -0.25) is 15.2 Å². The van der Waals surface area contributed by atoms with Crippen LogP contribution in [-0.4, -0.2) is 26.3 Å². The highest BCUT2D eigenvalue weighted by molar-refractivity contribution is 7.15. The summed E-state index contributed by atoms with van der Waals surface area (Å²) in [6.07, 6.45) is 5.27. The lowest BCUT2D eigenvalue weighted by molar-refractivity contribution is 0.102. The molecule has 2 heterocycles. The third-order valence-electron chi connectivity index (χ3n) is 3.17. The van der Waals surface area contributed by atoms with Crippen molar-refractivity contribution >= 4 is 22.4 Å². The SMILES string of the molecule is CCCCCc1nnc(NC(=O)c2cc(CC(C)C)[nH]n2)s1. The Balaban J connectivity index is 1.90. The Kier molecular flexibility index (Phi) is 6.06. The maximum Gasteiger partial charge on any atom is 0.277 e. The summed E-state index contributed by atoms with van der Waals surface area (Å²) in [6.45, 7) is 6.42. The molecule has 0 aliphatic rings. The average molecular weight is 321 g/mol. The Bertz CT molecular complexity index is 605. The van der Waals surface area contributed by atoms with Crippen LogP contribution in [0.25, 0.3) is 0 Å². The van der Waals surface area contributed by atoms with E-state index in [0.717, 1.165) is 30.0 Å². The van der Waals surface area contributed by atoms with Gasteiger partial charge in [-0.05, 0) is 24.8 Å². The number of H-pyrrole nitrogens is 1. The summed E-state index contributed by atoms with van der Waals surface area (Å²) >= 11 is 1.43. The zero-order valence-corrected chi connectivity index (χ0v) is 14.2. The molecule has 22 heavy (non-hydrogen) atoms. The lowest BCUT2D eigenvalue weighted by atomic mass is 10.1. The van der Waals surface area contributed by atoms with E-state index < -0.39 is 0 Å². The van der Waals surface area contributed by atoms with Crippen LogP contribution in [0.2, 0.25) is 0 Å². The van der Waals surface area contributed by atoms with Crippen molar-refractivity contribution in [3.63, 3.8) is 0 Å². The lowest BCUT2D eigenvalue weighted by Crippen LogP contribution is -2.12. The van der Waals surface area contributed by atoms with Crippen LogP contribution in [0.4, 0.5) is 5.13 Å². The van der Waals surface area contributed by atoms with E-state index in [9.17, 15) is 4.79 Å². The van der Waals surface area contributed by atoms with Crippen molar-refractivity contribution in [3.05, 3.63) is 22.5 Å². The van der Waals surface area contributed by atoms with Crippen LogP contribution in [0.3, 0.4) is 0 Å². The van der Waals surface area contributed by atoms with Gasteiger partial charge in [-0.2, -0.15) is 5.10 Å². The summed E-state index contributed by atoms with van der Waals surface area (Å²) in [5.74, 6) is 0.271. The summed E-state index contributed by atoms with van der Waals surface area (Å²) < 4.78 is 0. The molecule has 6 nitrogen and oxygen atoms in total. The highest BCUT2D eigenvalue weighted by Crippen LogP contribution is 2.18. The molecule has 0 unspecified atom stereocenters. The van der Waals surface area contributed by atoms with Crippen molar-refractivity contribution in [1.82, 2.24) is 20.4 Å². The van der Waals surface area contributed by atoms with E-state index in [1.54, 1.807) is 6.07 Å². The monoisotopic (exact) mass is 321 g/mol. The highest BCUT2D eigenvalue weighted by atomic mass is 32.1. The fraction of sp³-hybridized carbons (Fsp3) is 0.600. The summed E-state index contributed by atoms with van der Waals surface area (Å²) in [4.78, 5) is 12.1. The van der Waals surface area contributed by atoms with Crippen molar-refractivity contribution in [2.24, 2.45) is 5.92 Å². The number of nitrogens with zero attached hydrogens (tertiary/aromatic N) is 3. The number of nitrogens with one attached hydrogen (secondary N) is 2. The number of carbonyl (C=O) groups excluding carboxylic acids is 1. The summed E-state index contributed by atoms with van der Waals surface area (Å²) in [5, 5.41) is 19.3. The second kappa shape index (κ2) is 8.03. The maximum atomic E-state index is 12.1. The van der Waals surface area contributed by atoms with Gasteiger partial charge in [-0.1, -0.05) is 44.9 Å². The Morgan fingerprint density at radius 2 is 2.18 bits per heavy atom. The van der Waals surface area contributed by atoms with E-state index in [-0.39, 0.29) is 5.91 Å². The summed E-state index contributed by atoms with van der Waals surface area (Å²) in [7, 11) is 0. The highest BCUT2D eigenvalue weighted by Gasteiger charge is 2.14. The van der Waals surface area contributed by atoms with Gasteiger partial charge in [0.25, 0.3) is 5.91 Å². The first-order valence-electron chi connectivity index (χ1n) is 7.76. The molecule has 120 valence electrons. The number of hydrogen-bond acceptors (Lipinski definition) is 5. The van der Waals surface area contributed by atoms with Gasteiger partial charge >= 0.3 is 0 Å². The molecule has 2 N–H and O–H groups in total. The number of unbranched alkanes of at least 4 members (excludes halogenated alkanes) is 2. The Labute approximate surface area is 134 Å². The zero-order valence-electron chi connectivity index (χ0n) is 13.3. The average Bonchev–Trinajstić information content (AvgIpc) is 3.08. The molecule has 7 heteroatoms. The Morgan fingerprint density at radius 3 is 2.91 bits per heavy atom. The molecule has 0 spiro atoms. The van der Waals surface area contributed by atoms with Crippen LogP contribution >= 0.6 is 11.3 Å². The molecule has 2 aromatic heterocycles. The molecule has 2 rings (SSSR count). The van der Waals surface area contributed by atoms with Crippen LogP contribution in [0.5, 0.6) is 0 Å². The van der Waals surface area contributed by atoms with Gasteiger partial charge in [-0.25, -0.2) is 0 Å². The van der Waals surface area contributed by atoms with E-state index in [2.05, 4.69) is 46.5 Å². The summed E-state index contributed by atoms with van der Waals surface area (Å²) in [6, 6.07) is 1.79. The molecule has 0 atom stereocenters. The van der Waals surface area contributed by atoms with E-state index in [1.807, 2.05) is 0 Å². The van der Waals surface area contributed by atoms with Gasteiger partial charge < -0.3 is 0 Å². The van der Waals surface area contributed by atoms with Crippen molar-refractivity contribution in [1.29, 1.82) is 0 Å². The maximum absolute atomic E-state index is 12.1. The predicted molar refractivity (Wildman–Crippen MR) is 88.2 cm³/mol. The molecule has 0 radical (unpaired) electrons. The van der Waals surface area contributed by atoms with Crippen LogP contribution in [0, 0.1) is 5.92 Å². The molecule has 0 fully saturated rings. The first-order valence-corrected chi connectivity index (χ1v) is 8.58. The third-order valence-corrected chi connectivity index (χ3v) is 4.07. The third kappa shape index (κ3) is 4.91. The van der Waals surface area contributed by atoms with E-state index in [4.69, 9.17) is 0 Å². The van der Waals surface area contributed by atoms with Crippen molar-refractivity contribution in [2.75, 3.05) is 5.32 Å². The number of hydrogen-bond donors (Lipinski definition) is 2. The van der Waals surface area contributed by atoms with Crippen molar-refractivity contribution < 1.29 is 4.79 Å². The molecular formula is C15H23N5OS. The van der Waals surface area contributed by atoms with Crippen LogP contribution < -0.4 is 5.32 Å². The molecule has 0 saturated heterocycles. The second-order valence-electron chi connectivity index (χ2n) is 5.79. The smallest absolute Gasteiger partial charge is 0.277 e. The van der Waals surface area contributed by atoms with Gasteiger partial charge in [-0.15, -0.1) is 10.2 Å². The minimum Gasteiger partial charge on any atom is -0.295 e. The normalized spacial score (nSPS) is 11.1. The van der Waals surface area contributed by atoms with Crippen LogP contribution in [0.1, 0.15) is 61.2 Å². The number of rotatable bonds is 8. The lowest BCUT2D eigenvalue weighted by Gasteiger charge is -1.99. The van der Waals surface area contributed by atoms with Crippen molar-refractivity contribution in [3.8, 4) is 0 Å². The van der Waals surface area contributed by atoms with Crippen LogP contribution in [-0.2, 0) is 12.8 Å². The van der Waals surface area contributed by atoms with Gasteiger partial charge in [0.05, 0.1) is 0 Å². The van der Waals surface area contributed by atoms with Gasteiger partial charge in [0.1, 0.15) is 5.01 Å². The molecule has 0 aliphatic heterocycles. The Hall–Kier alpha value is -1.76. The number of carbonyl (C=O) groups is 1. The number of anilines is 1. The minimum absolute atomic E-state index is 0.248. The first kappa shape index (κ1) is 16.6. The molecule has 2 aromatic rings. The van der Waals surface area contributed by atoms with Crippen molar-refractivity contribution in [2.45, 2.75) is 52.9 Å².